The number of rotatable bonds is 5. The number of carbonyl (C=O) groups is 1. The van der Waals surface area contributed by atoms with Crippen molar-refractivity contribution in [1.82, 2.24) is 4.72 Å². The summed E-state index contributed by atoms with van der Waals surface area (Å²) in [6.07, 6.45) is -4.99. The minimum Gasteiger partial charge on any atom is -0.294 e. The predicted molar refractivity (Wildman–Crippen MR) is 69.4 cm³/mol. The number of carbonyl (C=O) groups excluding carboxylic acids is 1. The van der Waals surface area contributed by atoms with Crippen molar-refractivity contribution in [3.8, 4) is 0 Å². The van der Waals surface area contributed by atoms with Gasteiger partial charge in [0.05, 0.1) is 4.90 Å². The zero-order chi connectivity index (χ0) is 15.9. The monoisotopic (exact) mass is 321 g/mol. The normalized spacial score (nSPS) is 17.5. The molecule has 0 atom stereocenters. The minimum atomic E-state index is -4.63. The largest absolute Gasteiger partial charge is 0.407 e. The van der Waals surface area contributed by atoms with Gasteiger partial charge < -0.3 is 0 Å². The van der Waals surface area contributed by atoms with E-state index in [1.54, 1.807) is 11.6 Å². The van der Waals surface area contributed by atoms with E-state index >= 15 is 0 Å². The minimum absolute atomic E-state index is 0.164. The predicted octanol–water partition coefficient (Wildman–Crippen LogP) is 2.65. The maximum atomic E-state index is 12.8. The molecule has 1 saturated carbocycles. The first-order valence-electron chi connectivity index (χ1n) is 6.35. The van der Waals surface area contributed by atoms with Gasteiger partial charge in [-0.25, -0.2) is 8.42 Å². The fraction of sp³-hybridized carbons (Fsp3) is 0.462. The van der Waals surface area contributed by atoms with Crippen LogP contribution in [0.25, 0.3) is 0 Å². The smallest absolute Gasteiger partial charge is 0.294 e. The second-order valence-electron chi connectivity index (χ2n) is 4.99. The van der Waals surface area contributed by atoms with Gasteiger partial charge in [0.25, 0.3) is 0 Å². The van der Waals surface area contributed by atoms with Crippen LogP contribution >= 0.6 is 0 Å². The molecule has 0 amide bonds. The Bertz CT molecular complexity index is 663. The lowest BCUT2D eigenvalue weighted by atomic mass is 10.1. The number of benzene rings is 1. The Hall–Kier alpha value is -1.41. The van der Waals surface area contributed by atoms with Gasteiger partial charge in [0.2, 0.25) is 10.0 Å². The van der Waals surface area contributed by atoms with E-state index in [2.05, 4.69) is 0 Å². The van der Waals surface area contributed by atoms with Gasteiger partial charge in [-0.05, 0) is 25.0 Å². The maximum Gasteiger partial charge on any atom is 0.407 e. The summed E-state index contributed by atoms with van der Waals surface area (Å²) in [5.41, 5.74) is -2.20. The fourth-order valence-electron chi connectivity index (χ4n) is 1.93. The average molecular weight is 321 g/mol. The molecule has 1 N–H and O–H groups in total. The molecule has 0 unspecified atom stereocenters. The van der Waals surface area contributed by atoms with Crippen molar-refractivity contribution < 1.29 is 26.4 Å². The Morgan fingerprint density at radius 2 is 1.95 bits per heavy atom. The van der Waals surface area contributed by atoms with E-state index in [-0.39, 0.29) is 35.5 Å². The van der Waals surface area contributed by atoms with E-state index in [1.165, 1.54) is 18.2 Å². The molecule has 1 aliphatic rings. The Morgan fingerprint density at radius 3 is 2.43 bits per heavy atom. The van der Waals surface area contributed by atoms with Crippen LogP contribution in [0.15, 0.2) is 29.2 Å². The highest BCUT2D eigenvalue weighted by molar-refractivity contribution is 7.89. The summed E-state index contributed by atoms with van der Waals surface area (Å²) < 4.78 is 64.3. The number of hydrogen-bond acceptors (Lipinski definition) is 3. The summed E-state index contributed by atoms with van der Waals surface area (Å²) in [6, 6.07) is 5.04. The van der Waals surface area contributed by atoms with Crippen LogP contribution in [0.2, 0.25) is 0 Å². The lowest BCUT2D eigenvalue weighted by Crippen LogP contribution is -2.47. The third-order valence-corrected chi connectivity index (χ3v) is 4.94. The van der Waals surface area contributed by atoms with E-state index < -0.39 is 21.7 Å². The third-order valence-electron chi connectivity index (χ3n) is 3.41. The molecule has 0 saturated heterocycles. The molecule has 2 rings (SSSR count). The number of Topliss-reactive ketones (excluding diaryl/α,β-unsaturated/α-hetero) is 1. The Kier molecular flexibility index (Phi) is 3.88. The molecular formula is C13H14F3NO3S. The van der Waals surface area contributed by atoms with Gasteiger partial charge in [-0.1, -0.05) is 19.1 Å². The summed E-state index contributed by atoms with van der Waals surface area (Å²) in [5.74, 6) is -0.274. The van der Waals surface area contributed by atoms with Crippen LogP contribution in [-0.4, -0.2) is 25.9 Å². The van der Waals surface area contributed by atoms with Gasteiger partial charge in [0, 0.05) is 12.0 Å². The van der Waals surface area contributed by atoms with E-state index in [9.17, 15) is 26.4 Å². The lowest BCUT2D eigenvalue weighted by molar-refractivity contribution is -0.160. The van der Waals surface area contributed by atoms with Crippen molar-refractivity contribution in [2.75, 3.05) is 0 Å². The van der Waals surface area contributed by atoms with E-state index in [1.807, 2.05) is 0 Å². The van der Waals surface area contributed by atoms with E-state index in [0.717, 1.165) is 6.07 Å². The van der Waals surface area contributed by atoms with Crippen molar-refractivity contribution in [2.45, 2.75) is 42.8 Å². The topological polar surface area (TPSA) is 63.2 Å². The van der Waals surface area contributed by atoms with Gasteiger partial charge >= 0.3 is 6.18 Å². The molecule has 1 aromatic carbocycles. The van der Waals surface area contributed by atoms with Gasteiger partial charge in [0.1, 0.15) is 5.54 Å². The Morgan fingerprint density at radius 1 is 1.33 bits per heavy atom. The number of halogens is 3. The zero-order valence-corrected chi connectivity index (χ0v) is 12.0. The molecule has 21 heavy (non-hydrogen) atoms. The molecule has 0 bridgehead atoms. The molecule has 8 heteroatoms. The molecule has 1 fully saturated rings. The van der Waals surface area contributed by atoms with Crippen LogP contribution in [0, 0.1) is 0 Å². The lowest BCUT2D eigenvalue weighted by Gasteiger charge is -2.20. The summed E-state index contributed by atoms with van der Waals surface area (Å²) in [7, 11) is -4.33. The average Bonchev–Trinajstić information content (AvgIpc) is 3.18. The molecular weight excluding hydrogens is 307 g/mol. The quantitative estimate of drug-likeness (QED) is 0.848. The van der Waals surface area contributed by atoms with Crippen molar-refractivity contribution in [3.63, 3.8) is 0 Å². The molecule has 4 nitrogen and oxygen atoms in total. The van der Waals surface area contributed by atoms with Gasteiger partial charge in [-0.2, -0.15) is 17.9 Å². The second kappa shape index (κ2) is 5.10. The highest BCUT2D eigenvalue weighted by atomic mass is 32.2. The first-order chi connectivity index (χ1) is 9.61. The van der Waals surface area contributed by atoms with Crippen molar-refractivity contribution in [1.29, 1.82) is 0 Å². The van der Waals surface area contributed by atoms with Crippen LogP contribution in [0.4, 0.5) is 13.2 Å². The van der Waals surface area contributed by atoms with Gasteiger partial charge in [-0.3, -0.25) is 4.79 Å². The van der Waals surface area contributed by atoms with Gasteiger partial charge in [0.15, 0.2) is 5.78 Å². The Balaban J connectivity index is 2.31. The fourth-order valence-corrected chi connectivity index (χ4v) is 3.42. The van der Waals surface area contributed by atoms with Crippen molar-refractivity contribution >= 4 is 15.8 Å². The summed E-state index contributed by atoms with van der Waals surface area (Å²) in [4.78, 5) is 11.2. The molecule has 1 aliphatic carbocycles. The molecule has 0 aromatic heterocycles. The van der Waals surface area contributed by atoms with Crippen LogP contribution < -0.4 is 4.72 Å². The second-order valence-corrected chi connectivity index (χ2v) is 6.67. The molecule has 0 aliphatic heterocycles. The number of ketones is 1. The van der Waals surface area contributed by atoms with E-state index in [0.29, 0.717) is 0 Å². The Labute approximate surface area is 120 Å². The zero-order valence-electron chi connectivity index (χ0n) is 11.2. The standard InChI is InChI=1S/C13H14F3NO3S/c1-2-11(18)9-4-3-5-10(8-9)21(19,20)17-12(6-7-12)13(14,15)16/h3-5,8,17H,2,6-7H2,1H3. The van der Waals surface area contributed by atoms with Crippen molar-refractivity contribution in [2.24, 2.45) is 0 Å². The summed E-state index contributed by atoms with van der Waals surface area (Å²) in [5, 5.41) is 0. The number of nitrogens with one attached hydrogen (secondary N) is 1. The third kappa shape index (κ3) is 3.11. The number of alkyl halides is 3. The van der Waals surface area contributed by atoms with Crippen LogP contribution in [0.3, 0.4) is 0 Å². The summed E-state index contributed by atoms with van der Waals surface area (Å²) >= 11 is 0. The van der Waals surface area contributed by atoms with Gasteiger partial charge in [-0.15, -0.1) is 0 Å². The van der Waals surface area contributed by atoms with Crippen LogP contribution in [0.1, 0.15) is 36.5 Å². The van der Waals surface area contributed by atoms with Crippen molar-refractivity contribution in [3.05, 3.63) is 29.8 Å². The van der Waals surface area contributed by atoms with E-state index in [4.69, 9.17) is 0 Å². The molecule has 116 valence electrons. The number of hydrogen-bond donors (Lipinski definition) is 1. The van der Waals surface area contributed by atoms with Crippen LogP contribution in [-0.2, 0) is 10.0 Å². The SMILES string of the molecule is CCC(=O)c1cccc(S(=O)(=O)NC2(C(F)(F)F)CC2)c1. The number of sulfonamides is 1. The summed E-state index contributed by atoms with van der Waals surface area (Å²) in [6.45, 7) is 1.62. The molecule has 0 heterocycles. The highest BCUT2D eigenvalue weighted by Gasteiger charge is 2.65. The molecule has 1 aromatic rings. The maximum absolute atomic E-state index is 12.8. The van der Waals surface area contributed by atoms with Crippen LogP contribution in [0.5, 0.6) is 0 Å². The molecule has 0 spiro atoms. The first-order valence-corrected chi connectivity index (χ1v) is 7.83. The highest BCUT2D eigenvalue weighted by Crippen LogP contribution is 2.49. The first kappa shape index (κ1) is 16.0. The molecule has 0 radical (unpaired) electrons.